The van der Waals surface area contributed by atoms with Crippen molar-refractivity contribution in [2.75, 3.05) is 7.11 Å². The van der Waals surface area contributed by atoms with Crippen molar-refractivity contribution in [1.82, 2.24) is 0 Å². The lowest BCUT2D eigenvalue weighted by Gasteiger charge is -2.38. The molecule has 5 atom stereocenters. The van der Waals surface area contributed by atoms with Crippen molar-refractivity contribution in [3.05, 3.63) is 40.6 Å². The molecule has 1 aliphatic rings. The van der Waals surface area contributed by atoms with Crippen LogP contribution in [0.2, 0.25) is 0 Å². The Hall–Kier alpha value is -3.51. The third kappa shape index (κ3) is 3.91. The van der Waals surface area contributed by atoms with Gasteiger partial charge in [0.25, 0.3) is 0 Å². The minimum Gasteiger partial charge on any atom is -0.508 e. The van der Waals surface area contributed by atoms with Crippen molar-refractivity contribution in [2.45, 2.75) is 37.6 Å². The summed E-state index contributed by atoms with van der Waals surface area (Å²) in [7, 11) is 1.29. The summed E-state index contributed by atoms with van der Waals surface area (Å²) in [4.78, 5) is 13.5. The number of phenolic OH excluding ortho intramolecular Hbond substituents is 3. The fourth-order valence-electron chi connectivity index (χ4n) is 3.60. The minimum atomic E-state index is -1.71. The van der Waals surface area contributed by atoms with Crippen LogP contribution in [0.4, 0.5) is 0 Å². The summed E-state index contributed by atoms with van der Waals surface area (Å²) in [5.74, 6) is -1.86. The Morgan fingerprint density at radius 2 is 1.67 bits per heavy atom. The Morgan fingerprint density at radius 3 is 2.33 bits per heavy atom. The Bertz CT molecular complexity index is 1250. The highest BCUT2D eigenvalue weighted by molar-refractivity contribution is 5.88. The van der Waals surface area contributed by atoms with Gasteiger partial charge in [-0.05, 0) is 25.1 Å². The number of aromatic hydroxyl groups is 3. The van der Waals surface area contributed by atoms with E-state index in [9.17, 15) is 35.4 Å². The van der Waals surface area contributed by atoms with E-state index in [1.54, 1.807) is 0 Å². The first kappa shape index (κ1) is 22.7. The number of methoxy groups -OCH3 is 1. The van der Waals surface area contributed by atoms with E-state index < -0.39 is 53.4 Å². The van der Waals surface area contributed by atoms with E-state index in [1.165, 1.54) is 32.2 Å². The van der Waals surface area contributed by atoms with Crippen molar-refractivity contribution in [3.63, 3.8) is 0 Å². The number of aliphatic hydroxyl groups is 3. The van der Waals surface area contributed by atoms with E-state index in [4.69, 9.17) is 18.6 Å². The molecule has 0 aliphatic carbocycles. The van der Waals surface area contributed by atoms with Gasteiger partial charge in [-0.15, -0.1) is 0 Å². The number of phenols is 3. The van der Waals surface area contributed by atoms with Gasteiger partial charge in [0.1, 0.15) is 40.8 Å². The number of ether oxygens (including phenoxy) is 3. The molecule has 11 heteroatoms. The van der Waals surface area contributed by atoms with Crippen LogP contribution in [0.25, 0.3) is 22.3 Å². The number of aliphatic hydroxyl groups excluding tert-OH is 3. The van der Waals surface area contributed by atoms with Crippen molar-refractivity contribution < 1.29 is 49.3 Å². The lowest BCUT2D eigenvalue weighted by Crippen LogP contribution is -2.58. The lowest BCUT2D eigenvalue weighted by molar-refractivity contribution is -0.268. The summed E-state index contributed by atoms with van der Waals surface area (Å²) >= 11 is 0. The molecule has 2 heterocycles. The third-order valence-electron chi connectivity index (χ3n) is 5.40. The highest BCUT2D eigenvalue weighted by Gasteiger charge is 2.44. The molecule has 0 spiro atoms. The SMILES string of the molecule is COc1cc(O)cc2oc(-c3ccc(O)c(O)c3)c(O[C@@H]3OC(C)[C@H](O)C(O)[C@@H]3O)c(=O)c12. The molecule has 1 aliphatic heterocycles. The fourth-order valence-corrected chi connectivity index (χ4v) is 3.60. The van der Waals surface area contributed by atoms with E-state index in [0.717, 1.165) is 12.1 Å². The van der Waals surface area contributed by atoms with Crippen molar-refractivity contribution >= 4 is 11.0 Å². The fraction of sp³-hybridized carbons (Fsp3) is 0.318. The molecule has 33 heavy (non-hydrogen) atoms. The van der Waals surface area contributed by atoms with Crippen LogP contribution in [-0.4, -0.2) is 68.5 Å². The van der Waals surface area contributed by atoms with Crippen molar-refractivity contribution in [2.24, 2.45) is 0 Å². The lowest BCUT2D eigenvalue weighted by atomic mass is 10.00. The zero-order valence-electron chi connectivity index (χ0n) is 17.5. The predicted molar refractivity (Wildman–Crippen MR) is 112 cm³/mol. The summed E-state index contributed by atoms with van der Waals surface area (Å²) in [5, 5.41) is 59.8. The molecular formula is C22H22O11. The Balaban J connectivity index is 1.94. The Kier molecular flexibility index (Phi) is 5.80. The molecule has 1 fully saturated rings. The monoisotopic (exact) mass is 462 g/mol. The van der Waals surface area contributed by atoms with Gasteiger partial charge in [-0.1, -0.05) is 0 Å². The average molecular weight is 462 g/mol. The van der Waals surface area contributed by atoms with Gasteiger partial charge in [0, 0.05) is 17.7 Å². The topological polar surface area (TPSA) is 179 Å². The maximum atomic E-state index is 13.5. The number of hydrogen-bond donors (Lipinski definition) is 6. The van der Waals surface area contributed by atoms with Gasteiger partial charge in [-0.2, -0.15) is 0 Å². The van der Waals surface area contributed by atoms with Gasteiger partial charge in [-0.3, -0.25) is 4.79 Å². The average Bonchev–Trinajstić information content (AvgIpc) is 2.78. The smallest absolute Gasteiger partial charge is 0.239 e. The first-order chi connectivity index (χ1) is 15.6. The van der Waals surface area contributed by atoms with E-state index >= 15 is 0 Å². The maximum Gasteiger partial charge on any atom is 0.239 e. The van der Waals surface area contributed by atoms with Gasteiger partial charge in [-0.25, -0.2) is 0 Å². The minimum absolute atomic E-state index is 0.0161. The number of fused-ring (bicyclic) bond motifs is 1. The Morgan fingerprint density at radius 1 is 0.939 bits per heavy atom. The molecule has 0 bridgehead atoms. The molecule has 176 valence electrons. The molecule has 0 amide bonds. The summed E-state index contributed by atoms with van der Waals surface area (Å²) in [5.41, 5.74) is -0.721. The normalized spacial score (nSPS) is 25.2. The van der Waals surface area contributed by atoms with Crippen LogP contribution in [0.3, 0.4) is 0 Å². The molecule has 11 nitrogen and oxygen atoms in total. The summed E-state index contributed by atoms with van der Waals surface area (Å²) < 4.78 is 22.1. The molecule has 3 aromatic rings. The zero-order valence-corrected chi connectivity index (χ0v) is 17.5. The Labute approximate surface area is 186 Å². The first-order valence-electron chi connectivity index (χ1n) is 9.88. The molecule has 0 saturated carbocycles. The summed E-state index contributed by atoms with van der Waals surface area (Å²) in [6.07, 6.45) is -7.21. The number of hydrogen-bond acceptors (Lipinski definition) is 11. The van der Waals surface area contributed by atoms with Crippen LogP contribution in [0.5, 0.6) is 28.7 Å². The molecule has 4 rings (SSSR count). The van der Waals surface area contributed by atoms with E-state index in [-0.39, 0.29) is 33.8 Å². The van der Waals surface area contributed by atoms with Gasteiger partial charge >= 0.3 is 0 Å². The van der Waals surface area contributed by atoms with Crippen LogP contribution < -0.4 is 14.9 Å². The predicted octanol–water partition coefficient (Wildman–Crippen LogP) is 0.792. The maximum absolute atomic E-state index is 13.5. The van der Waals surface area contributed by atoms with Gasteiger partial charge in [0.05, 0.1) is 13.2 Å². The highest BCUT2D eigenvalue weighted by atomic mass is 16.7. The molecule has 1 saturated heterocycles. The largest absolute Gasteiger partial charge is 0.508 e. The van der Waals surface area contributed by atoms with Gasteiger partial charge < -0.3 is 49.3 Å². The molecule has 2 unspecified atom stereocenters. The second-order valence-electron chi connectivity index (χ2n) is 7.61. The van der Waals surface area contributed by atoms with E-state index in [0.29, 0.717) is 0 Å². The molecule has 0 radical (unpaired) electrons. The van der Waals surface area contributed by atoms with Crippen LogP contribution >= 0.6 is 0 Å². The highest BCUT2D eigenvalue weighted by Crippen LogP contribution is 2.39. The van der Waals surface area contributed by atoms with E-state index in [2.05, 4.69) is 0 Å². The summed E-state index contributed by atoms with van der Waals surface area (Å²) in [6, 6.07) is 6.00. The summed E-state index contributed by atoms with van der Waals surface area (Å²) in [6.45, 7) is 1.45. The quantitative estimate of drug-likeness (QED) is 0.302. The molecule has 6 N–H and O–H groups in total. The van der Waals surface area contributed by atoms with Crippen LogP contribution in [0.15, 0.2) is 39.5 Å². The zero-order chi connectivity index (χ0) is 24.0. The van der Waals surface area contributed by atoms with Crippen LogP contribution in [0.1, 0.15) is 6.92 Å². The second-order valence-corrected chi connectivity index (χ2v) is 7.61. The molecular weight excluding hydrogens is 440 g/mol. The second kappa shape index (κ2) is 8.45. The third-order valence-corrected chi connectivity index (χ3v) is 5.40. The first-order valence-corrected chi connectivity index (χ1v) is 9.88. The molecule has 2 aromatic carbocycles. The van der Waals surface area contributed by atoms with E-state index in [1.807, 2.05) is 0 Å². The molecule has 1 aromatic heterocycles. The van der Waals surface area contributed by atoms with Crippen molar-refractivity contribution in [1.29, 1.82) is 0 Å². The van der Waals surface area contributed by atoms with Crippen molar-refractivity contribution in [3.8, 4) is 40.1 Å². The number of benzene rings is 2. The number of rotatable bonds is 4. The standard InChI is InChI=1S/C22H22O11/c1-8-16(26)18(28)19(29)22(31-8)33-21-17(27)15-13(30-2)6-10(23)7-14(15)32-20(21)9-3-4-11(24)12(25)5-9/h3-8,16,18-19,22-26,28-29H,1-2H3/t8?,16-,18?,19-,22-/m0/s1. The van der Waals surface area contributed by atoms with Crippen LogP contribution in [-0.2, 0) is 4.74 Å². The van der Waals surface area contributed by atoms with Crippen LogP contribution in [0, 0.1) is 0 Å². The van der Waals surface area contributed by atoms with Gasteiger partial charge in [0.15, 0.2) is 17.3 Å². The van der Waals surface area contributed by atoms with Gasteiger partial charge in [0.2, 0.25) is 17.5 Å².